The smallest absolute Gasteiger partial charge is 0.348 e. The van der Waals surface area contributed by atoms with Gasteiger partial charge in [-0.1, -0.05) is 13.8 Å². The third-order valence-electron chi connectivity index (χ3n) is 4.74. The van der Waals surface area contributed by atoms with Crippen LogP contribution in [-0.4, -0.2) is 26.8 Å². The van der Waals surface area contributed by atoms with Gasteiger partial charge in [-0.2, -0.15) is 0 Å². The number of hydrogen-bond donors (Lipinski definition) is 3. The van der Waals surface area contributed by atoms with Gasteiger partial charge in [-0.25, -0.2) is 4.79 Å². The minimum Gasteiger partial charge on any atom is -0.477 e. The van der Waals surface area contributed by atoms with Gasteiger partial charge in [0, 0.05) is 30.1 Å². The maximum Gasteiger partial charge on any atom is 0.348 e. The summed E-state index contributed by atoms with van der Waals surface area (Å²) >= 11 is 1.15. The number of ketones is 1. The SMILES string of the molecule is CC1(C)CC(=O)c2c([nH]c(-c3ccncc3)c2Nc2ccsc2C(=O)O)C1. The predicted octanol–water partition coefficient (Wildman–Crippen LogP) is 4.74. The minimum absolute atomic E-state index is 0.0624. The third-order valence-corrected chi connectivity index (χ3v) is 5.64. The molecule has 0 atom stereocenters. The fourth-order valence-electron chi connectivity index (χ4n) is 3.62. The van der Waals surface area contributed by atoms with Gasteiger partial charge in [0.15, 0.2) is 5.78 Å². The Hall–Kier alpha value is -2.93. The molecular weight excluding hydrogens is 362 g/mol. The van der Waals surface area contributed by atoms with Crippen molar-refractivity contribution >= 4 is 34.5 Å². The molecule has 138 valence electrons. The number of H-pyrrole nitrogens is 1. The van der Waals surface area contributed by atoms with Crippen molar-refractivity contribution in [3.63, 3.8) is 0 Å². The molecule has 0 aromatic carbocycles. The molecule has 7 heteroatoms. The Morgan fingerprint density at radius 1 is 1.26 bits per heavy atom. The number of rotatable bonds is 4. The fourth-order valence-corrected chi connectivity index (χ4v) is 4.31. The maximum atomic E-state index is 12.9. The number of pyridine rings is 1. The monoisotopic (exact) mass is 381 g/mol. The van der Waals surface area contributed by atoms with E-state index in [-0.39, 0.29) is 16.1 Å². The Morgan fingerprint density at radius 3 is 2.70 bits per heavy atom. The van der Waals surface area contributed by atoms with Crippen molar-refractivity contribution < 1.29 is 14.7 Å². The van der Waals surface area contributed by atoms with Gasteiger partial charge in [-0.15, -0.1) is 11.3 Å². The van der Waals surface area contributed by atoms with Crippen LogP contribution in [0.5, 0.6) is 0 Å². The summed E-state index contributed by atoms with van der Waals surface area (Å²) in [6, 6.07) is 5.45. The number of carbonyl (C=O) groups excluding carboxylic acids is 1. The number of anilines is 2. The van der Waals surface area contributed by atoms with Gasteiger partial charge in [0.25, 0.3) is 0 Å². The summed E-state index contributed by atoms with van der Waals surface area (Å²) in [7, 11) is 0. The number of hydrogen-bond acceptors (Lipinski definition) is 5. The highest BCUT2D eigenvalue weighted by molar-refractivity contribution is 7.12. The lowest BCUT2D eigenvalue weighted by molar-refractivity contribution is 0.0702. The van der Waals surface area contributed by atoms with Gasteiger partial charge in [-0.3, -0.25) is 9.78 Å². The second kappa shape index (κ2) is 6.35. The first-order valence-corrected chi connectivity index (χ1v) is 9.50. The standard InChI is InChI=1S/C20H19N3O3S/c1-20(2)9-13-15(14(24)10-20)17(16(23-13)11-3-6-21-7-4-11)22-12-5-8-27-18(12)19(25)26/h3-8,22-23H,9-10H2,1-2H3,(H,25,26). The molecule has 27 heavy (non-hydrogen) atoms. The zero-order chi connectivity index (χ0) is 19.2. The predicted molar refractivity (Wildman–Crippen MR) is 105 cm³/mol. The Bertz CT molecular complexity index is 1030. The van der Waals surface area contributed by atoms with E-state index in [2.05, 4.69) is 29.1 Å². The summed E-state index contributed by atoms with van der Waals surface area (Å²) in [4.78, 5) is 32.1. The number of thiophene rings is 1. The third kappa shape index (κ3) is 3.14. The van der Waals surface area contributed by atoms with E-state index in [4.69, 9.17) is 0 Å². The van der Waals surface area contributed by atoms with Crippen LogP contribution in [0.25, 0.3) is 11.3 Å². The molecule has 0 saturated heterocycles. The minimum atomic E-state index is -0.991. The lowest BCUT2D eigenvalue weighted by Gasteiger charge is -2.28. The van der Waals surface area contributed by atoms with Gasteiger partial charge in [-0.05, 0) is 35.4 Å². The van der Waals surface area contributed by atoms with Crippen molar-refractivity contribution in [2.45, 2.75) is 26.7 Å². The molecule has 0 bridgehead atoms. The highest BCUT2D eigenvalue weighted by Gasteiger charge is 2.36. The fraction of sp³-hybridized carbons (Fsp3) is 0.250. The number of aromatic carboxylic acids is 1. The molecule has 0 aliphatic heterocycles. The van der Waals surface area contributed by atoms with Crippen LogP contribution in [0.1, 0.15) is 46.0 Å². The van der Waals surface area contributed by atoms with Crippen LogP contribution in [0, 0.1) is 5.41 Å². The van der Waals surface area contributed by atoms with Crippen LogP contribution in [0.2, 0.25) is 0 Å². The average Bonchev–Trinajstić information content (AvgIpc) is 3.20. The highest BCUT2D eigenvalue weighted by Crippen LogP contribution is 2.43. The van der Waals surface area contributed by atoms with Crippen molar-refractivity contribution in [1.29, 1.82) is 0 Å². The molecule has 3 heterocycles. The molecule has 0 spiro atoms. The number of fused-ring (bicyclic) bond motifs is 1. The summed E-state index contributed by atoms with van der Waals surface area (Å²) in [5.41, 5.74) is 4.19. The molecule has 6 nitrogen and oxygen atoms in total. The Labute approximate surface area is 160 Å². The Kier molecular flexibility index (Phi) is 4.11. The van der Waals surface area contributed by atoms with Crippen molar-refractivity contribution in [3.05, 3.63) is 52.1 Å². The number of aromatic amines is 1. The number of Topliss-reactive ketones (excluding diaryl/α,β-unsaturated/α-hetero) is 1. The first-order chi connectivity index (χ1) is 12.9. The molecule has 0 radical (unpaired) electrons. The van der Waals surface area contributed by atoms with Crippen molar-refractivity contribution in [2.75, 3.05) is 5.32 Å². The molecule has 3 aromatic heterocycles. The second-order valence-electron chi connectivity index (χ2n) is 7.50. The van der Waals surface area contributed by atoms with E-state index in [1.165, 1.54) is 0 Å². The van der Waals surface area contributed by atoms with Crippen LogP contribution >= 0.6 is 11.3 Å². The normalized spacial score (nSPS) is 15.4. The molecule has 0 saturated carbocycles. The van der Waals surface area contributed by atoms with Crippen LogP contribution in [-0.2, 0) is 6.42 Å². The lowest BCUT2D eigenvalue weighted by atomic mass is 9.76. The quantitative estimate of drug-likeness (QED) is 0.607. The largest absolute Gasteiger partial charge is 0.477 e. The number of aromatic nitrogens is 2. The molecule has 0 amide bonds. The van der Waals surface area contributed by atoms with Crippen molar-refractivity contribution in [2.24, 2.45) is 5.41 Å². The highest BCUT2D eigenvalue weighted by atomic mass is 32.1. The van der Waals surface area contributed by atoms with E-state index >= 15 is 0 Å². The number of nitrogens with one attached hydrogen (secondary N) is 2. The zero-order valence-electron chi connectivity index (χ0n) is 15.0. The van der Waals surface area contributed by atoms with E-state index in [1.807, 2.05) is 12.1 Å². The molecule has 3 N–H and O–H groups in total. The summed E-state index contributed by atoms with van der Waals surface area (Å²) in [5.74, 6) is -0.928. The second-order valence-corrected chi connectivity index (χ2v) is 8.42. The van der Waals surface area contributed by atoms with Gasteiger partial charge in [0.1, 0.15) is 4.88 Å². The summed E-state index contributed by atoms with van der Waals surface area (Å²) in [5, 5.41) is 14.4. The number of carboxylic acids is 1. The Morgan fingerprint density at radius 2 is 2.00 bits per heavy atom. The number of carbonyl (C=O) groups is 2. The molecule has 1 aliphatic carbocycles. The van der Waals surface area contributed by atoms with E-state index in [0.717, 1.165) is 34.7 Å². The average molecular weight is 381 g/mol. The van der Waals surface area contributed by atoms with E-state index in [1.54, 1.807) is 23.8 Å². The van der Waals surface area contributed by atoms with Gasteiger partial charge < -0.3 is 15.4 Å². The lowest BCUT2D eigenvalue weighted by Crippen LogP contribution is -2.26. The van der Waals surface area contributed by atoms with E-state index < -0.39 is 5.97 Å². The van der Waals surface area contributed by atoms with E-state index in [9.17, 15) is 14.7 Å². The maximum absolute atomic E-state index is 12.9. The number of carboxylic acid groups (broad SMARTS) is 1. The molecule has 3 aromatic rings. The van der Waals surface area contributed by atoms with Crippen molar-refractivity contribution in [1.82, 2.24) is 9.97 Å². The summed E-state index contributed by atoms with van der Waals surface area (Å²) in [6.07, 6.45) is 4.59. The van der Waals surface area contributed by atoms with Crippen LogP contribution in [0.4, 0.5) is 11.4 Å². The molecule has 1 aliphatic rings. The molecular formula is C20H19N3O3S. The van der Waals surface area contributed by atoms with Gasteiger partial charge >= 0.3 is 5.97 Å². The van der Waals surface area contributed by atoms with E-state index in [0.29, 0.717) is 23.4 Å². The summed E-state index contributed by atoms with van der Waals surface area (Å²) < 4.78 is 0. The topological polar surface area (TPSA) is 95.1 Å². The molecule has 0 fully saturated rings. The van der Waals surface area contributed by atoms with Crippen LogP contribution in [0.15, 0.2) is 36.0 Å². The van der Waals surface area contributed by atoms with Gasteiger partial charge in [0.05, 0.1) is 22.6 Å². The first kappa shape index (κ1) is 17.5. The van der Waals surface area contributed by atoms with Crippen molar-refractivity contribution in [3.8, 4) is 11.3 Å². The van der Waals surface area contributed by atoms with Gasteiger partial charge in [0.2, 0.25) is 0 Å². The molecule has 4 rings (SSSR count). The first-order valence-electron chi connectivity index (χ1n) is 8.62. The van der Waals surface area contributed by atoms with Crippen LogP contribution < -0.4 is 5.32 Å². The van der Waals surface area contributed by atoms with Crippen LogP contribution in [0.3, 0.4) is 0 Å². The Balaban J connectivity index is 1.89. The molecule has 0 unspecified atom stereocenters. The zero-order valence-corrected chi connectivity index (χ0v) is 15.8. The summed E-state index contributed by atoms with van der Waals surface area (Å²) in [6.45, 7) is 4.16. The number of nitrogens with zero attached hydrogens (tertiary/aromatic N) is 1.